The van der Waals surface area contributed by atoms with E-state index in [9.17, 15) is 9.59 Å². The largest absolute Gasteiger partial charge is 0.335 e. The summed E-state index contributed by atoms with van der Waals surface area (Å²) in [4.78, 5) is 28.0. The summed E-state index contributed by atoms with van der Waals surface area (Å²) in [5, 5.41) is 0. The number of ether oxygens (including phenoxy) is 1. The highest BCUT2D eigenvalue weighted by Gasteiger charge is 2.79. The lowest BCUT2D eigenvalue weighted by atomic mass is 9.73. The Hall–Kier alpha value is -3.82. The van der Waals surface area contributed by atoms with Crippen molar-refractivity contribution >= 4 is 11.6 Å². The third kappa shape index (κ3) is 2.86. The quantitative estimate of drug-likeness (QED) is 0.312. The van der Waals surface area contributed by atoms with Crippen molar-refractivity contribution in [1.82, 2.24) is 0 Å². The molecular weight excluding hydrogens is 384 g/mol. The molecule has 0 radical (unpaired) electrons. The number of benzene rings is 4. The summed E-state index contributed by atoms with van der Waals surface area (Å²) in [7, 11) is 0. The predicted molar refractivity (Wildman–Crippen MR) is 119 cm³/mol. The van der Waals surface area contributed by atoms with Gasteiger partial charge in [-0.1, -0.05) is 121 Å². The van der Waals surface area contributed by atoms with Gasteiger partial charge in [0, 0.05) is 11.1 Å². The molecule has 5 rings (SSSR count). The standard InChI is InChI=1S/C28H20O3/c29-25(21-13-5-1-6-14-21)27(23-17-9-3-10-18-23)28(31-27,24-19-11-4-12-20-24)26(30)22-15-7-2-8-16-22/h1-20H. The van der Waals surface area contributed by atoms with Gasteiger partial charge in [0.1, 0.15) is 0 Å². The lowest BCUT2D eigenvalue weighted by molar-refractivity contribution is 0.0865. The first-order valence-electron chi connectivity index (χ1n) is 10.2. The maximum atomic E-state index is 14.0. The SMILES string of the molecule is O=C(c1ccccc1)C1(c2ccccc2)OC1(C(=O)c1ccccc1)c1ccccc1. The van der Waals surface area contributed by atoms with Crippen LogP contribution in [0.25, 0.3) is 0 Å². The zero-order valence-electron chi connectivity index (χ0n) is 16.8. The normalized spacial score (nSPS) is 21.9. The van der Waals surface area contributed by atoms with Crippen LogP contribution in [0.5, 0.6) is 0 Å². The van der Waals surface area contributed by atoms with Crippen LogP contribution >= 0.6 is 0 Å². The minimum Gasteiger partial charge on any atom is -0.335 e. The Bertz CT molecular complexity index is 1120. The molecule has 0 aromatic heterocycles. The van der Waals surface area contributed by atoms with Gasteiger partial charge in [-0.3, -0.25) is 9.59 Å². The molecule has 1 aliphatic rings. The molecule has 150 valence electrons. The molecular formula is C28H20O3. The molecule has 31 heavy (non-hydrogen) atoms. The van der Waals surface area contributed by atoms with E-state index in [1.807, 2.05) is 97.1 Å². The van der Waals surface area contributed by atoms with E-state index in [1.165, 1.54) is 0 Å². The summed E-state index contributed by atoms with van der Waals surface area (Å²) in [6.07, 6.45) is 0. The minimum atomic E-state index is -1.44. The van der Waals surface area contributed by atoms with Gasteiger partial charge in [-0.15, -0.1) is 0 Å². The molecule has 0 bridgehead atoms. The molecule has 3 nitrogen and oxygen atoms in total. The smallest absolute Gasteiger partial charge is 0.203 e. The zero-order valence-corrected chi connectivity index (χ0v) is 16.8. The zero-order chi connectivity index (χ0) is 21.3. The number of ketones is 2. The molecule has 2 atom stereocenters. The maximum absolute atomic E-state index is 14.0. The van der Waals surface area contributed by atoms with Gasteiger partial charge in [0.05, 0.1) is 0 Å². The van der Waals surface area contributed by atoms with Crippen LogP contribution in [0.4, 0.5) is 0 Å². The van der Waals surface area contributed by atoms with Crippen LogP contribution in [0.2, 0.25) is 0 Å². The molecule has 1 heterocycles. The average Bonchev–Trinajstić information content (AvgIpc) is 3.58. The molecule has 4 aromatic carbocycles. The van der Waals surface area contributed by atoms with Crippen LogP contribution in [-0.2, 0) is 15.9 Å². The number of rotatable bonds is 6. The lowest BCUT2D eigenvalue weighted by Gasteiger charge is -2.20. The number of Topliss-reactive ketones (excluding diaryl/α,β-unsaturated/α-hetero) is 2. The number of carbonyl (C=O) groups is 2. The highest BCUT2D eigenvalue weighted by molar-refractivity contribution is 6.16. The van der Waals surface area contributed by atoms with Crippen LogP contribution in [0.1, 0.15) is 31.8 Å². The van der Waals surface area contributed by atoms with Gasteiger partial charge in [0.15, 0.2) is 11.2 Å². The highest BCUT2D eigenvalue weighted by Crippen LogP contribution is 2.65. The Morgan fingerprint density at radius 3 is 1.06 bits per heavy atom. The Kier molecular flexibility index (Phi) is 4.61. The molecule has 2 unspecified atom stereocenters. The molecule has 4 aromatic rings. The maximum Gasteiger partial charge on any atom is 0.203 e. The van der Waals surface area contributed by atoms with Crippen molar-refractivity contribution in [3.8, 4) is 0 Å². The summed E-state index contributed by atoms with van der Waals surface area (Å²) in [6.45, 7) is 0. The van der Waals surface area contributed by atoms with Gasteiger partial charge in [0.2, 0.25) is 11.6 Å². The minimum absolute atomic E-state index is 0.229. The van der Waals surface area contributed by atoms with E-state index in [4.69, 9.17) is 4.74 Å². The molecule has 0 saturated carbocycles. The van der Waals surface area contributed by atoms with Crippen molar-refractivity contribution in [1.29, 1.82) is 0 Å². The second kappa shape index (κ2) is 7.46. The molecule has 1 saturated heterocycles. The first kappa shape index (κ1) is 19.2. The second-order valence-electron chi connectivity index (χ2n) is 7.59. The average molecular weight is 404 g/mol. The van der Waals surface area contributed by atoms with E-state index in [-0.39, 0.29) is 11.6 Å². The molecule has 0 amide bonds. The fourth-order valence-electron chi connectivity index (χ4n) is 4.33. The number of carbonyl (C=O) groups excluding carboxylic acids is 2. The third-order valence-electron chi connectivity index (χ3n) is 5.83. The van der Waals surface area contributed by atoms with E-state index in [0.717, 1.165) is 0 Å². The molecule has 0 N–H and O–H groups in total. The second-order valence-corrected chi connectivity index (χ2v) is 7.59. The molecule has 1 aliphatic heterocycles. The summed E-state index contributed by atoms with van der Waals surface area (Å²) in [5.74, 6) is -0.458. The van der Waals surface area contributed by atoms with E-state index >= 15 is 0 Å². The number of hydrogen-bond donors (Lipinski definition) is 0. The van der Waals surface area contributed by atoms with E-state index < -0.39 is 11.2 Å². The molecule has 3 heteroatoms. The van der Waals surface area contributed by atoms with Crippen LogP contribution in [-0.4, -0.2) is 11.6 Å². The molecule has 0 aliphatic carbocycles. The lowest BCUT2D eigenvalue weighted by Crippen LogP contribution is -2.36. The van der Waals surface area contributed by atoms with Gasteiger partial charge in [-0.2, -0.15) is 0 Å². The van der Waals surface area contributed by atoms with Crippen molar-refractivity contribution < 1.29 is 14.3 Å². The van der Waals surface area contributed by atoms with Crippen LogP contribution in [0.15, 0.2) is 121 Å². The van der Waals surface area contributed by atoms with Crippen molar-refractivity contribution in [2.75, 3.05) is 0 Å². The summed E-state index contributed by atoms with van der Waals surface area (Å²) < 4.78 is 6.40. The third-order valence-corrected chi connectivity index (χ3v) is 5.83. The van der Waals surface area contributed by atoms with Crippen LogP contribution in [0, 0.1) is 0 Å². The number of hydrogen-bond acceptors (Lipinski definition) is 3. The van der Waals surface area contributed by atoms with Crippen molar-refractivity contribution in [2.24, 2.45) is 0 Å². The van der Waals surface area contributed by atoms with Crippen molar-refractivity contribution in [3.63, 3.8) is 0 Å². The van der Waals surface area contributed by atoms with Crippen molar-refractivity contribution in [3.05, 3.63) is 144 Å². The highest BCUT2D eigenvalue weighted by atomic mass is 16.6. The van der Waals surface area contributed by atoms with E-state index in [1.54, 1.807) is 24.3 Å². The Morgan fingerprint density at radius 1 is 0.452 bits per heavy atom. The van der Waals surface area contributed by atoms with Crippen molar-refractivity contribution in [2.45, 2.75) is 11.2 Å². The fraction of sp³-hybridized carbons (Fsp3) is 0.0714. The number of epoxide rings is 1. The predicted octanol–water partition coefficient (Wildman–Crippen LogP) is 5.57. The summed E-state index contributed by atoms with van der Waals surface area (Å²) in [5.41, 5.74) is -0.544. The Balaban J connectivity index is 1.77. The topological polar surface area (TPSA) is 46.7 Å². The van der Waals surface area contributed by atoms with E-state index in [2.05, 4.69) is 0 Å². The first-order valence-corrected chi connectivity index (χ1v) is 10.2. The van der Waals surface area contributed by atoms with Gasteiger partial charge < -0.3 is 4.74 Å². The van der Waals surface area contributed by atoms with Gasteiger partial charge in [-0.25, -0.2) is 0 Å². The van der Waals surface area contributed by atoms with Gasteiger partial charge in [-0.05, 0) is 11.1 Å². The van der Waals surface area contributed by atoms with E-state index in [0.29, 0.717) is 22.3 Å². The summed E-state index contributed by atoms with van der Waals surface area (Å²) in [6, 6.07) is 36.7. The Labute approximate surface area is 180 Å². The summed E-state index contributed by atoms with van der Waals surface area (Å²) >= 11 is 0. The van der Waals surface area contributed by atoms with Gasteiger partial charge in [0.25, 0.3) is 0 Å². The first-order chi connectivity index (χ1) is 15.2. The van der Waals surface area contributed by atoms with Crippen LogP contribution in [0.3, 0.4) is 0 Å². The molecule has 0 spiro atoms. The molecule has 1 fully saturated rings. The van der Waals surface area contributed by atoms with Gasteiger partial charge >= 0.3 is 0 Å². The van der Waals surface area contributed by atoms with Crippen LogP contribution < -0.4 is 0 Å². The monoisotopic (exact) mass is 404 g/mol. The fourth-order valence-corrected chi connectivity index (χ4v) is 4.33. The Morgan fingerprint density at radius 2 is 0.742 bits per heavy atom.